The zero-order valence-electron chi connectivity index (χ0n) is 9.27. The maximum Gasteiger partial charge on any atom is 0.239 e. The van der Waals surface area contributed by atoms with E-state index >= 15 is 0 Å². The summed E-state index contributed by atoms with van der Waals surface area (Å²) in [4.78, 5) is 11.3. The molecule has 0 unspecified atom stereocenters. The standard InChI is InChI=1S/C11H10Cl2FN3O/c12-8-4-7(5-9(13)11(8)14)17-6-10(18)16-3-1-2-15/h4-5,17H,1,3,6H2,(H,16,18). The van der Waals surface area contributed by atoms with Crippen molar-refractivity contribution in [3.8, 4) is 6.07 Å². The summed E-state index contributed by atoms with van der Waals surface area (Å²) in [6.45, 7) is 0.283. The molecule has 18 heavy (non-hydrogen) atoms. The average molecular weight is 290 g/mol. The number of nitrogens with one attached hydrogen (secondary N) is 2. The number of anilines is 1. The fourth-order valence-corrected chi connectivity index (χ4v) is 1.65. The summed E-state index contributed by atoms with van der Waals surface area (Å²) in [5.74, 6) is -0.968. The first-order chi connectivity index (χ1) is 8.54. The second kappa shape index (κ2) is 7.04. The molecule has 0 saturated carbocycles. The predicted molar refractivity (Wildman–Crippen MR) is 68.1 cm³/mol. The third-order valence-corrected chi connectivity index (χ3v) is 2.55. The fourth-order valence-electron chi connectivity index (χ4n) is 1.16. The molecular formula is C11H10Cl2FN3O. The summed E-state index contributed by atoms with van der Waals surface area (Å²) >= 11 is 11.2. The molecule has 1 rings (SSSR count). The van der Waals surface area contributed by atoms with Crippen molar-refractivity contribution in [2.24, 2.45) is 0 Å². The Morgan fingerprint density at radius 1 is 1.39 bits per heavy atom. The van der Waals surface area contributed by atoms with Gasteiger partial charge in [-0.15, -0.1) is 0 Å². The highest BCUT2D eigenvalue weighted by Crippen LogP contribution is 2.27. The molecule has 1 amide bonds. The van der Waals surface area contributed by atoms with Gasteiger partial charge in [-0.25, -0.2) is 4.39 Å². The highest BCUT2D eigenvalue weighted by Gasteiger charge is 2.08. The van der Waals surface area contributed by atoms with Crippen molar-refractivity contribution in [3.05, 3.63) is 28.0 Å². The Bertz CT molecular complexity index is 465. The molecule has 0 aromatic heterocycles. The molecule has 0 saturated heterocycles. The smallest absolute Gasteiger partial charge is 0.239 e. The minimum absolute atomic E-state index is 0.0102. The number of benzene rings is 1. The molecule has 0 atom stereocenters. The Morgan fingerprint density at radius 3 is 2.56 bits per heavy atom. The van der Waals surface area contributed by atoms with E-state index in [9.17, 15) is 9.18 Å². The molecule has 0 radical (unpaired) electrons. The number of hydrogen-bond donors (Lipinski definition) is 2. The van der Waals surface area contributed by atoms with Crippen molar-refractivity contribution in [2.45, 2.75) is 6.42 Å². The molecule has 0 aliphatic rings. The van der Waals surface area contributed by atoms with Gasteiger partial charge < -0.3 is 10.6 Å². The zero-order valence-corrected chi connectivity index (χ0v) is 10.8. The molecule has 1 aromatic rings. The number of halogens is 3. The number of nitrogens with zero attached hydrogens (tertiary/aromatic N) is 1. The van der Waals surface area contributed by atoms with Crippen LogP contribution in [0.25, 0.3) is 0 Å². The minimum atomic E-state index is -0.692. The van der Waals surface area contributed by atoms with E-state index in [0.29, 0.717) is 12.2 Å². The Balaban J connectivity index is 2.49. The van der Waals surface area contributed by atoms with Crippen molar-refractivity contribution in [1.29, 1.82) is 5.26 Å². The van der Waals surface area contributed by atoms with Gasteiger partial charge >= 0.3 is 0 Å². The van der Waals surface area contributed by atoms with Crippen molar-refractivity contribution in [1.82, 2.24) is 5.32 Å². The molecule has 0 bridgehead atoms. The van der Waals surface area contributed by atoms with E-state index in [2.05, 4.69) is 10.6 Å². The van der Waals surface area contributed by atoms with Crippen molar-refractivity contribution >= 4 is 34.8 Å². The SMILES string of the molecule is N#CCCNC(=O)CNc1cc(Cl)c(F)c(Cl)c1. The minimum Gasteiger partial charge on any atom is -0.376 e. The van der Waals surface area contributed by atoms with Crippen LogP contribution in [0.5, 0.6) is 0 Å². The number of carbonyl (C=O) groups is 1. The normalized spacial score (nSPS) is 9.67. The molecule has 7 heteroatoms. The van der Waals surface area contributed by atoms with Crippen LogP contribution in [0.2, 0.25) is 10.0 Å². The number of amides is 1. The van der Waals surface area contributed by atoms with Gasteiger partial charge in [0.2, 0.25) is 5.91 Å². The van der Waals surface area contributed by atoms with E-state index in [-0.39, 0.29) is 28.9 Å². The molecule has 0 heterocycles. The molecule has 2 N–H and O–H groups in total. The van der Waals surface area contributed by atoms with Gasteiger partial charge in [0.1, 0.15) is 0 Å². The highest BCUT2D eigenvalue weighted by atomic mass is 35.5. The van der Waals surface area contributed by atoms with Crippen LogP contribution in [0.15, 0.2) is 12.1 Å². The van der Waals surface area contributed by atoms with Crippen LogP contribution in [-0.4, -0.2) is 19.0 Å². The lowest BCUT2D eigenvalue weighted by atomic mass is 10.3. The predicted octanol–water partition coefficient (Wildman–Crippen LogP) is 2.57. The molecule has 0 aliphatic carbocycles. The summed E-state index contributed by atoms with van der Waals surface area (Å²) in [6, 6.07) is 4.58. The van der Waals surface area contributed by atoms with Crippen LogP contribution in [-0.2, 0) is 4.79 Å². The van der Waals surface area contributed by atoms with E-state index in [1.54, 1.807) is 0 Å². The maximum atomic E-state index is 13.1. The number of rotatable bonds is 5. The Hall–Kier alpha value is -1.51. The Labute approximate surface area is 114 Å². The Kier molecular flexibility index (Phi) is 5.69. The van der Waals surface area contributed by atoms with Crippen LogP contribution < -0.4 is 10.6 Å². The third kappa shape index (κ3) is 4.40. The van der Waals surface area contributed by atoms with Crippen molar-refractivity contribution in [3.63, 3.8) is 0 Å². The second-order valence-electron chi connectivity index (χ2n) is 3.37. The molecule has 4 nitrogen and oxygen atoms in total. The monoisotopic (exact) mass is 289 g/mol. The zero-order chi connectivity index (χ0) is 13.5. The van der Waals surface area contributed by atoms with Gasteiger partial charge in [0.15, 0.2) is 5.82 Å². The lowest BCUT2D eigenvalue weighted by Crippen LogP contribution is -2.30. The van der Waals surface area contributed by atoms with Gasteiger partial charge in [0.25, 0.3) is 0 Å². The summed E-state index contributed by atoms with van der Waals surface area (Å²) in [6.07, 6.45) is 0.250. The first-order valence-corrected chi connectivity index (χ1v) is 5.82. The van der Waals surface area contributed by atoms with Gasteiger partial charge in [-0.2, -0.15) is 5.26 Å². The number of hydrogen-bond acceptors (Lipinski definition) is 3. The quantitative estimate of drug-likeness (QED) is 0.647. The topological polar surface area (TPSA) is 64.9 Å². The van der Waals surface area contributed by atoms with Crippen LogP contribution in [0.3, 0.4) is 0 Å². The van der Waals surface area contributed by atoms with Crippen molar-refractivity contribution < 1.29 is 9.18 Å². The molecule has 0 fully saturated rings. The molecule has 0 aliphatic heterocycles. The lowest BCUT2D eigenvalue weighted by Gasteiger charge is -2.08. The van der Waals surface area contributed by atoms with E-state index in [1.807, 2.05) is 6.07 Å². The summed E-state index contributed by atoms with van der Waals surface area (Å²) in [5, 5.41) is 13.3. The van der Waals surface area contributed by atoms with Gasteiger partial charge in [-0.1, -0.05) is 23.2 Å². The van der Waals surface area contributed by atoms with E-state index in [1.165, 1.54) is 12.1 Å². The van der Waals surface area contributed by atoms with Gasteiger partial charge in [0.05, 0.1) is 29.1 Å². The summed E-state index contributed by atoms with van der Waals surface area (Å²) in [5.41, 5.74) is 0.446. The third-order valence-electron chi connectivity index (χ3n) is 2.00. The second-order valence-corrected chi connectivity index (χ2v) is 4.18. The van der Waals surface area contributed by atoms with E-state index in [0.717, 1.165) is 0 Å². The number of nitriles is 1. The van der Waals surface area contributed by atoms with E-state index < -0.39 is 5.82 Å². The van der Waals surface area contributed by atoms with Crippen LogP contribution in [0, 0.1) is 17.1 Å². The van der Waals surface area contributed by atoms with Crippen LogP contribution in [0.4, 0.5) is 10.1 Å². The van der Waals surface area contributed by atoms with Gasteiger partial charge in [-0.05, 0) is 12.1 Å². The molecule has 96 valence electrons. The molecule has 0 spiro atoms. The first-order valence-electron chi connectivity index (χ1n) is 5.06. The summed E-state index contributed by atoms with van der Waals surface area (Å²) < 4.78 is 13.1. The van der Waals surface area contributed by atoms with E-state index in [4.69, 9.17) is 28.5 Å². The highest BCUT2D eigenvalue weighted by molar-refractivity contribution is 6.35. The van der Waals surface area contributed by atoms with Crippen LogP contribution >= 0.6 is 23.2 Å². The molecule has 1 aromatic carbocycles. The largest absolute Gasteiger partial charge is 0.376 e. The average Bonchev–Trinajstić information content (AvgIpc) is 2.33. The van der Waals surface area contributed by atoms with Gasteiger partial charge in [-0.3, -0.25) is 4.79 Å². The van der Waals surface area contributed by atoms with Gasteiger partial charge in [0, 0.05) is 12.2 Å². The Morgan fingerprint density at radius 2 is 2.00 bits per heavy atom. The lowest BCUT2D eigenvalue weighted by molar-refractivity contribution is -0.119. The first kappa shape index (κ1) is 14.6. The van der Waals surface area contributed by atoms with Crippen molar-refractivity contribution in [2.75, 3.05) is 18.4 Å². The maximum absolute atomic E-state index is 13.1. The fraction of sp³-hybridized carbons (Fsp3) is 0.273. The number of carbonyl (C=O) groups excluding carboxylic acids is 1. The molecular weight excluding hydrogens is 280 g/mol. The van der Waals surface area contributed by atoms with Crippen LogP contribution in [0.1, 0.15) is 6.42 Å². The summed E-state index contributed by atoms with van der Waals surface area (Å²) in [7, 11) is 0.